The zero-order valence-electron chi connectivity index (χ0n) is 19.9. The van der Waals surface area contributed by atoms with Gasteiger partial charge in [-0.05, 0) is 74.4 Å². The largest absolute Gasteiger partial charge is 0.0984 e. The average Bonchev–Trinajstić information content (AvgIpc) is 3.24. The van der Waals surface area contributed by atoms with E-state index in [-0.39, 0.29) is 5.41 Å². The standard InChI is InChI=1S/C32H32/c1-7-11-28-24(8-2)25-12-9-10-13-29(25)32(28)30-18-22(20(3)4)14-16-26(30)27-17-15-23(21(5)6)19-31(27)32/h7-21H,2H2,1,3-6H3/b11-7-. The molecule has 0 radical (unpaired) electrons. The van der Waals surface area contributed by atoms with E-state index >= 15 is 0 Å². The second kappa shape index (κ2) is 7.48. The summed E-state index contributed by atoms with van der Waals surface area (Å²) in [6, 6.07) is 23.2. The lowest BCUT2D eigenvalue weighted by Crippen LogP contribution is -2.27. The van der Waals surface area contributed by atoms with Gasteiger partial charge in [-0.2, -0.15) is 0 Å². The van der Waals surface area contributed by atoms with Crippen molar-refractivity contribution in [3.63, 3.8) is 0 Å². The number of hydrogen-bond donors (Lipinski definition) is 0. The molecular weight excluding hydrogens is 384 g/mol. The normalized spacial score (nSPS) is 15.7. The van der Waals surface area contributed by atoms with Crippen LogP contribution in [0.1, 0.15) is 79.8 Å². The maximum atomic E-state index is 4.24. The van der Waals surface area contributed by atoms with Crippen LogP contribution in [0.25, 0.3) is 16.7 Å². The molecule has 160 valence electrons. The lowest BCUT2D eigenvalue weighted by Gasteiger charge is -2.32. The fourth-order valence-electron chi connectivity index (χ4n) is 5.80. The number of rotatable bonds is 4. The number of allylic oxidation sites excluding steroid dienone is 5. The van der Waals surface area contributed by atoms with E-state index in [9.17, 15) is 0 Å². The van der Waals surface area contributed by atoms with Crippen LogP contribution in [0.3, 0.4) is 0 Å². The third-order valence-corrected chi connectivity index (χ3v) is 7.37. The zero-order valence-corrected chi connectivity index (χ0v) is 19.9. The second-order valence-corrected chi connectivity index (χ2v) is 9.75. The number of fused-ring (bicyclic) bond motifs is 7. The van der Waals surface area contributed by atoms with Crippen molar-refractivity contribution in [3.8, 4) is 11.1 Å². The predicted octanol–water partition coefficient (Wildman–Crippen LogP) is 8.78. The first-order valence-electron chi connectivity index (χ1n) is 11.8. The molecule has 0 heterocycles. The third-order valence-electron chi connectivity index (χ3n) is 7.37. The summed E-state index contributed by atoms with van der Waals surface area (Å²) in [6.45, 7) is 15.5. The molecule has 0 bridgehead atoms. The maximum absolute atomic E-state index is 4.24. The van der Waals surface area contributed by atoms with E-state index in [4.69, 9.17) is 0 Å². The minimum atomic E-state index is -0.299. The first-order valence-corrected chi connectivity index (χ1v) is 11.8. The van der Waals surface area contributed by atoms with Gasteiger partial charge in [0.1, 0.15) is 0 Å². The summed E-state index contributed by atoms with van der Waals surface area (Å²) < 4.78 is 0. The van der Waals surface area contributed by atoms with Gasteiger partial charge in [0.05, 0.1) is 5.41 Å². The van der Waals surface area contributed by atoms with Gasteiger partial charge in [-0.25, -0.2) is 0 Å². The van der Waals surface area contributed by atoms with Crippen LogP contribution in [0.2, 0.25) is 0 Å². The van der Waals surface area contributed by atoms with Gasteiger partial charge in [0, 0.05) is 0 Å². The fourth-order valence-corrected chi connectivity index (χ4v) is 5.80. The molecule has 0 amide bonds. The molecule has 0 saturated heterocycles. The molecule has 0 nitrogen and oxygen atoms in total. The third kappa shape index (κ3) is 2.62. The number of hydrogen-bond acceptors (Lipinski definition) is 0. The molecule has 3 aromatic rings. The first-order chi connectivity index (χ1) is 15.4. The Hall–Kier alpha value is -3.12. The highest BCUT2D eigenvalue weighted by Crippen LogP contribution is 2.62. The Morgan fingerprint density at radius 1 is 0.719 bits per heavy atom. The summed E-state index contributed by atoms with van der Waals surface area (Å²) in [4.78, 5) is 0. The molecule has 32 heavy (non-hydrogen) atoms. The van der Waals surface area contributed by atoms with Crippen molar-refractivity contribution in [2.75, 3.05) is 0 Å². The summed E-state index contributed by atoms with van der Waals surface area (Å²) in [7, 11) is 0. The van der Waals surface area contributed by atoms with Crippen LogP contribution in [0.5, 0.6) is 0 Å². The van der Waals surface area contributed by atoms with Gasteiger partial charge in [0.15, 0.2) is 0 Å². The minimum Gasteiger partial charge on any atom is -0.0984 e. The molecule has 0 aromatic heterocycles. The van der Waals surface area contributed by atoms with E-state index in [1.807, 2.05) is 0 Å². The SMILES string of the molecule is C=CC1=C(/C=C\C)C2(c3ccccc31)c1cc(C(C)C)ccc1-c1ccc(C(C)C)cc12. The average molecular weight is 417 g/mol. The van der Waals surface area contributed by atoms with Gasteiger partial charge in [-0.15, -0.1) is 0 Å². The van der Waals surface area contributed by atoms with Crippen LogP contribution in [0.4, 0.5) is 0 Å². The summed E-state index contributed by atoms with van der Waals surface area (Å²) in [5.41, 5.74) is 13.3. The molecule has 0 heteroatoms. The smallest absolute Gasteiger partial charge is 0.0725 e. The Balaban J connectivity index is 1.99. The van der Waals surface area contributed by atoms with Crippen LogP contribution in [-0.4, -0.2) is 0 Å². The summed E-state index contributed by atoms with van der Waals surface area (Å²) in [5.74, 6) is 0.967. The Kier molecular flexibility index (Phi) is 4.86. The van der Waals surface area contributed by atoms with E-state index in [1.165, 1.54) is 55.7 Å². The molecule has 2 aliphatic rings. The molecule has 5 rings (SSSR count). The highest BCUT2D eigenvalue weighted by atomic mass is 14.5. The summed E-state index contributed by atoms with van der Waals surface area (Å²) in [6.07, 6.45) is 6.56. The molecule has 0 atom stereocenters. The monoisotopic (exact) mass is 416 g/mol. The minimum absolute atomic E-state index is 0.299. The van der Waals surface area contributed by atoms with Gasteiger partial charge in [0.25, 0.3) is 0 Å². The zero-order chi connectivity index (χ0) is 22.6. The Morgan fingerprint density at radius 3 is 1.78 bits per heavy atom. The highest BCUT2D eigenvalue weighted by molar-refractivity contribution is 5.97. The molecule has 0 aliphatic heterocycles. The van der Waals surface area contributed by atoms with Crippen LogP contribution < -0.4 is 0 Å². The van der Waals surface area contributed by atoms with Crippen molar-refractivity contribution < 1.29 is 0 Å². The molecule has 0 fully saturated rings. The molecule has 1 spiro atoms. The van der Waals surface area contributed by atoms with Crippen molar-refractivity contribution in [2.45, 2.75) is 51.9 Å². The van der Waals surface area contributed by atoms with Gasteiger partial charge >= 0.3 is 0 Å². The Labute approximate surface area is 193 Å². The summed E-state index contributed by atoms with van der Waals surface area (Å²) >= 11 is 0. The van der Waals surface area contributed by atoms with Gasteiger partial charge in [-0.1, -0.05) is 113 Å². The number of benzene rings is 3. The predicted molar refractivity (Wildman–Crippen MR) is 138 cm³/mol. The van der Waals surface area contributed by atoms with E-state index in [0.29, 0.717) is 11.8 Å². The van der Waals surface area contributed by atoms with Crippen molar-refractivity contribution >= 4 is 5.57 Å². The van der Waals surface area contributed by atoms with Crippen molar-refractivity contribution in [1.82, 2.24) is 0 Å². The Bertz CT molecular complexity index is 1240. The van der Waals surface area contributed by atoms with Gasteiger partial charge in [-0.3, -0.25) is 0 Å². The Morgan fingerprint density at radius 2 is 1.28 bits per heavy atom. The van der Waals surface area contributed by atoms with Crippen molar-refractivity contribution in [2.24, 2.45) is 0 Å². The highest BCUT2D eigenvalue weighted by Gasteiger charge is 2.51. The summed E-state index contributed by atoms with van der Waals surface area (Å²) in [5, 5.41) is 0. The molecule has 0 N–H and O–H groups in total. The molecule has 2 aliphatic carbocycles. The fraction of sp³-hybridized carbons (Fsp3) is 0.250. The quantitative estimate of drug-likeness (QED) is 0.399. The van der Waals surface area contributed by atoms with E-state index in [2.05, 4.69) is 120 Å². The second-order valence-electron chi connectivity index (χ2n) is 9.75. The molecule has 0 saturated carbocycles. The van der Waals surface area contributed by atoms with Crippen molar-refractivity contribution in [3.05, 3.63) is 124 Å². The van der Waals surface area contributed by atoms with Crippen LogP contribution in [0.15, 0.2) is 91.0 Å². The lowest BCUT2D eigenvalue weighted by atomic mass is 9.68. The van der Waals surface area contributed by atoms with Gasteiger partial charge in [0.2, 0.25) is 0 Å². The lowest BCUT2D eigenvalue weighted by molar-refractivity contribution is 0.770. The first kappa shape index (κ1) is 20.8. The van der Waals surface area contributed by atoms with E-state index in [1.54, 1.807) is 0 Å². The van der Waals surface area contributed by atoms with E-state index < -0.39 is 0 Å². The molecule has 0 unspecified atom stereocenters. The van der Waals surface area contributed by atoms with Crippen LogP contribution in [0, 0.1) is 0 Å². The van der Waals surface area contributed by atoms with Crippen LogP contribution in [-0.2, 0) is 5.41 Å². The van der Waals surface area contributed by atoms with Gasteiger partial charge < -0.3 is 0 Å². The van der Waals surface area contributed by atoms with Crippen molar-refractivity contribution in [1.29, 1.82) is 0 Å². The maximum Gasteiger partial charge on any atom is 0.0725 e. The molecular formula is C32H32. The topological polar surface area (TPSA) is 0 Å². The van der Waals surface area contributed by atoms with Crippen LogP contribution >= 0.6 is 0 Å². The molecule has 3 aromatic carbocycles. The van der Waals surface area contributed by atoms with E-state index in [0.717, 1.165) is 0 Å².